The van der Waals surface area contributed by atoms with Gasteiger partial charge >= 0.3 is 0 Å². The summed E-state index contributed by atoms with van der Waals surface area (Å²) in [5, 5.41) is 0. The van der Waals surface area contributed by atoms with Gasteiger partial charge in [0.25, 0.3) is 0 Å². The third kappa shape index (κ3) is 2.39. The number of rotatable bonds is 2. The highest BCUT2D eigenvalue weighted by Crippen LogP contribution is 2.34. The second kappa shape index (κ2) is 5.72. The van der Waals surface area contributed by atoms with E-state index in [1.165, 1.54) is 5.71 Å². The van der Waals surface area contributed by atoms with E-state index in [1.807, 2.05) is 18.2 Å². The Morgan fingerprint density at radius 3 is 2.82 bits per heavy atom. The molecule has 1 unspecified atom stereocenters. The lowest BCUT2D eigenvalue weighted by atomic mass is 9.94. The summed E-state index contributed by atoms with van der Waals surface area (Å²) < 4.78 is 18.5. The summed E-state index contributed by atoms with van der Waals surface area (Å²) in [6, 6.07) is 5.50. The van der Waals surface area contributed by atoms with E-state index in [4.69, 9.17) is 14.2 Å². The molecule has 1 aliphatic carbocycles. The van der Waals surface area contributed by atoms with E-state index in [0.29, 0.717) is 5.75 Å². The number of hydrogen-bond donors (Lipinski definition) is 0. The van der Waals surface area contributed by atoms with Gasteiger partial charge in [-0.3, -0.25) is 4.79 Å². The number of nitrogens with zero attached hydrogens (tertiary/aromatic N) is 1. The minimum atomic E-state index is 0.0125. The van der Waals surface area contributed by atoms with Gasteiger partial charge in [-0.05, 0) is 31.0 Å². The zero-order valence-corrected chi connectivity index (χ0v) is 12.5. The van der Waals surface area contributed by atoms with Crippen LogP contribution < -0.4 is 9.47 Å². The van der Waals surface area contributed by atoms with Gasteiger partial charge in [-0.25, -0.2) is 4.58 Å². The quantitative estimate of drug-likeness (QED) is 0.618. The molecule has 116 valence electrons. The van der Waals surface area contributed by atoms with E-state index >= 15 is 0 Å². The minimum Gasteiger partial charge on any atom is -0.454 e. The molecule has 3 aliphatic rings. The molecule has 2 aliphatic heterocycles. The molecule has 1 saturated carbocycles. The Hall–Kier alpha value is -1.88. The van der Waals surface area contributed by atoms with Crippen LogP contribution in [-0.4, -0.2) is 49.2 Å². The van der Waals surface area contributed by atoms with Gasteiger partial charge in [-0.1, -0.05) is 0 Å². The molecule has 0 spiro atoms. The number of benzene rings is 1. The maximum atomic E-state index is 12.9. The van der Waals surface area contributed by atoms with E-state index < -0.39 is 0 Å². The fraction of sp³-hybridized carbons (Fsp3) is 0.529. The van der Waals surface area contributed by atoms with Crippen LogP contribution in [0.1, 0.15) is 29.6 Å². The predicted molar refractivity (Wildman–Crippen MR) is 80.1 cm³/mol. The smallest absolute Gasteiger partial charge is 0.231 e. The molecule has 4 rings (SSSR count). The molecule has 1 saturated heterocycles. The molecule has 1 atom stereocenters. The molecule has 0 bridgehead atoms. The molecule has 1 aromatic carbocycles. The van der Waals surface area contributed by atoms with Gasteiger partial charge in [0.05, 0.1) is 0 Å². The third-order valence-corrected chi connectivity index (χ3v) is 4.72. The van der Waals surface area contributed by atoms with Crippen LogP contribution >= 0.6 is 0 Å². The van der Waals surface area contributed by atoms with Gasteiger partial charge in [0.2, 0.25) is 6.79 Å². The lowest BCUT2D eigenvalue weighted by Gasteiger charge is -2.16. The standard InChI is InChI=1S/C17H20NO4/c19-17(12-4-5-15-16(10-12)22-11-21-15)13-2-1-3-14(13)18-6-8-20-9-7-18/h4-5,10,13H,1-3,6-9,11H2/q+1. The maximum absolute atomic E-state index is 12.9. The third-order valence-electron chi connectivity index (χ3n) is 4.72. The van der Waals surface area contributed by atoms with E-state index in [2.05, 4.69) is 4.58 Å². The molecule has 5 nitrogen and oxygen atoms in total. The predicted octanol–water partition coefficient (Wildman–Crippen LogP) is 1.88. The largest absolute Gasteiger partial charge is 0.454 e. The normalized spacial score (nSPS) is 23.9. The highest BCUT2D eigenvalue weighted by molar-refractivity contribution is 6.12. The molecule has 0 radical (unpaired) electrons. The van der Waals surface area contributed by atoms with Crippen molar-refractivity contribution in [1.82, 2.24) is 0 Å². The van der Waals surface area contributed by atoms with Gasteiger partial charge in [0, 0.05) is 12.0 Å². The molecule has 2 fully saturated rings. The van der Waals surface area contributed by atoms with Crippen molar-refractivity contribution < 1.29 is 23.6 Å². The first-order valence-corrected chi connectivity index (χ1v) is 7.95. The van der Waals surface area contributed by atoms with Crippen LogP contribution in [0.15, 0.2) is 18.2 Å². The van der Waals surface area contributed by atoms with E-state index in [-0.39, 0.29) is 18.5 Å². The summed E-state index contributed by atoms with van der Waals surface area (Å²) in [6.07, 6.45) is 3.06. The van der Waals surface area contributed by atoms with E-state index in [0.717, 1.165) is 56.9 Å². The molecular formula is C17H20NO4+. The average Bonchev–Trinajstić information content (AvgIpc) is 3.23. The van der Waals surface area contributed by atoms with E-state index in [9.17, 15) is 4.79 Å². The van der Waals surface area contributed by atoms with Crippen LogP contribution in [0.3, 0.4) is 0 Å². The Kier molecular flexibility index (Phi) is 3.58. The fourth-order valence-corrected chi connectivity index (χ4v) is 3.59. The van der Waals surface area contributed by atoms with Crippen molar-refractivity contribution in [3.05, 3.63) is 23.8 Å². The van der Waals surface area contributed by atoms with Crippen molar-refractivity contribution in [2.24, 2.45) is 5.92 Å². The second-order valence-corrected chi connectivity index (χ2v) is 5.97. The number of ether oxygens (including phenoxy) is 3. The number of carbonyl (C=O) groups excluding carboxylic acids is 1. The number of Topliss-reactive ketones (excluding diaryl/α,β-unsaturated/α-hetero) is 1. The molecular weight excluding hydrogens is 282 g/mol. The highest BCUT2D eigenvalue weighted by atomic mass is 16.7. The first-order valence-electron chi connectivity index (χ1n) is 7.95. The monoisotopic (exact) mass is 302 g/mol. The highest BCUT2D eigenvalue weighted by Gasteiger charge is 2.37. The number of carbonyl (C=O) groups is 1. The number of hydrogen-bond acceptors (Lipinski definition) is 4. The van der Waals surface area contributed by atoms with Crippen LogP contribution in [-0.2, 0) is 4.74 Å². The van der Waals surface area contributed by atoms with Crippen molar-refractivity contribution in [2.45, 2.75) is 19.3 Å². The molecule has 2 heterocycles. The molecule has 22 heavy (non-hydrogen) atoms. The van der Waals surface area contributed by atoms with E-state index in [1.54, 1.807) is 0 Å². The Labute approximate surface area is 129 Å². The summed E-state index contributed by atoms with van der Waals surface area (Å²) in [7, 11) is 0. The first kappa shape index (κ1) is 13.8. The van der Waals surface area contributed by atoms with Crippen LogP contribution in [0.5, 0.6) is 11.5 Å². The Bertz CT molecular complexity index is 630. The van der Waals surface area contributed by atoms with Crippen LogP contribution in [0, 0.1) is 5.92 Å². The summed E-state index contributed by atoms with van der Waals surface area (Å²) in [6.45, 7) is 3.56. The van der Waals surface area contributed by atoms with Crippen molar-refractivity contribution in [2.75, 3.05) is 33.1 Å². The number of ketones is 1. The van der Waals surface area contributed by atoms with Crippen molar-refractivity contribution in [3.63, 3.8) is 0 Å². The molecule has 0 amide bonds. The average molecular weight is 302 g/mol. The van der Waals surface area contributed by atoms with Crippen molar-refractivity contribution in [1.29, 1.82) is 0 Å². The number of morpholine rings is 1. The zero-order chi connectivity index (χ0) is 14.9. The second-order valence-electron chi connectivity index (χ2n) is 5.97. The summed E-state index contributed by atoms with van der Waals surface area (Å²) in [4.78, 5) is 12.9. The SMILES string of the molecule is O=C(c1ccc2c(c1)OCO2)C1CCCC1=[N+]1CCOCC1. The zero-order valence-electron chi connectivity index (χ0n) is 12.5. The molecule has 0 N–H and O–H groups in total. The summed E-state index contributed by atoms with van der Waals surface area (Å²) in [5.74, 6) is 1.62. The van der Waals surface area contributed by atoms with Crippen LogP contribution in [0.2, 0.25) is 0 Å². The Balaban J connectivity index is 1.61. The lowest BCUT2D eigenvalue weighted by Crippen LogP contribution is -2.36. The van der Waals surface area contributed by atoms with Gasteiger partial charge in [0.1, 0.15) is 19.1 Å². The van der Waals surface area contributed by atoms with Crippen molar-refractivity contribution >= 4 is 11.5 Å². The molecule has 1 aromatic rings. The topological polar surface area (TPSA) is 47.8 Å². The van der Waals surface area contributed by atoms with Gasteiger partial charge in [-0.2, -0.15) is 0 Å². The Morgan fingerprint density at radius 2 is 1.95 bits per heavy atom. The first-order chi connectivity index (χ1) is 10.8. The summed E-state index contributed by atoms with van der Waals surface area (Å²) >= 11 is 0. The van der Waals surface area contributed by atoms with Crippen molar-refractivity contribution in [3.8, 4) is 11.5 Å². The lowest BCUT2D eigenvalue weighted by molar-refractivity contribution is -0.551. The summed E-state index contributed by atoms with van der Waals surface area (Å²) in [5.41, 5.74) is 2.02. The van der Waals surface area contributed by atoms with Crippen LogP contribution in [0.25, 0.3) is 0 Å². The van der Waals surface area contributed by atoms with Gasteiger partial charge in [0.15, 0.2) is 36.1 Å². The van der Waals surface area contributed by atoms with Gasteiger partial charge in [-0.15, -0.1) is 0 Å². The van der Waals surface area contributed by atoms with Gasteiger partial charge < -0.3 is 14.2 Å². The van der Waals surface area contributed by atoms with Crippen LogP contribution in [0.4, 0.5) is 0 Å². The maximum Gasteiger partial charge on any atom is 0.231 e. The number of fused-ring (bicyclic) bond motifs is 1. The minimum absolute atomic E-state index is 0.0125. The fourth-order valence-electron chi connectivity index (χ4n) is 3.59. The Morgan fingerprint density at radius 1 is 1.14 bits per heavy atom. The molecule has 5 heteroatoms. The molecule has 0 aromatic heterocycles.